The van der Waals surface area contributed by atoms with E-state index in [-0.39, 0.29) is 31.6 Å². The van der Waals surface area contributed by atoms with Gasteiger partial charge in [-0.2, -0.15) is 0 Å². The van der Waals surface area contributed by atoms with Crippen LogP contribution in [0.25, 0.3) is 22.2 Å². The number of nitrogens with zero attached hydrogens (tertiary/aromatic N) is 1. The van der Waals surface area contributed by atoms with Gasteiger partial charge in [0, 0.05) is 23.1 Å². The summed E-state index contributed by atoms with van der Waals surface area (Å²) >= 11 is 0. The second kappa shape index (κ2) is 10.5. The molecule has 4 rings (SSSR count). The predicted molar refractivity (Wildman–Crippen MR) is 123 cm³/mol. The van der Waals surface area contributed by atoms with E-state index in [1.54, 1.807) is 30.3 Å². The van der Waals surface area contributed by atoms with Gasteiger partial charge in [0.25, 0.3) is 0 Å². The van der Waals surface area contributed by atoms with Gasteiger partial charge in [-0.25, -0.2) is 13.9 Å². The molecule has 2 heterocycles. The molecule has 0 bridgehead atoms. The van der Waals surface area contributed by atoms with Crippen molar-refractivity contribution in [1.82, 2.24) is 4.98 Å². The van der Waals surface area contributed by atoms with Gasteiger partial charge < -0.3 is 14.0 Å². The normalized spacial score (nSPS) is 12.9. The van der Waals surface area contributed by atoms with E-state index in [0.29, 0.717) is 33.7 Å². The van der Waals surface area contributed by atoms with Crippen LogP contribution in [-0.2, 0) is 13.6 Å². The fourth-order valence-corrected chi connectivity index (χ4v) is 4.59. The maximum absolute atomic E-state index is 13.9. The number of hydrogen-bond donors (Lipinski definition) is 0. The van der Waals surface area contributed by atoms with Crippen molar-refractivity contribution in [1.29, 1.82) is 0 Å². The first-order valence-electron chi connectivity index (χ1n) is 11.1. The summed E-state index contributed by atoms with van der Waals surface area (Å²) in [5.41, 5.74) is 1.52. The van der Waals surface area contributed by atoms with E-state index in [1.165, 1.54) is 12.1 Å². The minimum Gasteiger partial charge on any atom is -0.454 e. The van der Waals surface area contributed by atoms with Crippen molar-refractivity contribution in [2.24, 2.45) is 0 Å². The van der Waals surface area contributed by atoms with Gasteiger partial charge in [0.05, 0.1) is 24.4 Å². The number of pyridine rings is 1. The first-order valence-corrected chi connectivity index (χ1v) is 12.6. The standard InChI is InChI=1S/C24H27FNO6P/c1-3-5-10-30-33(27,31-11-6-4-2)32-22-14-20(17-8-7-9-18(25)12-17)26-21-15-24-23(13-19(21)22)28-16-29-24/h7-9,12-15H,3-6,10-11,16H2,1-2H3. The summed E-state index contributed by atoms with van der Waals surface area (Å²) in [5, 5.41) is 0.554. The molecule has 0 spiro atoms. The molecule has 176 valence electrons. The molecule has 0 saturated heterocycles. The highest BCUT2D eigenvalue weighted by Crippen LogP contribution is 2.52. The molecular weight excluding hydrogens is 448 g/mol. The molecule has 0 fully saturated rings. The minimum absolute atomic E-state index is 0.0946. The van der Waals surface area contributed by atoms with Crippen molar-refractivity contribution >= 4 is 18.7 Å². The molecule has 2 aromatic carbocycles. The molecular formula is C24H27FNO6P. The summed E-state index contributed by atoms with van der Waals surface area (Å²) in [7, 11) is -3.92. The average molecular weight is 475 g/mol. The maximum atomic E-state index is 13.9. The van der Waals surface area contributed by atoms with Gasteiger partial charge in [-0.1, -0.05) is 38.8 Å². The number of benzene rings is 2. The number of phosphoric ester groups is 1. The largest absolute Gasteiger partial charge is 0.530 e. The first-order chi connectivity index (χ1) is 16.0. The van der Waals surface area contributed by atoms with E-state index in [2.05, 4.69) is 4.98 Å². The van der Waals surface area contributed by atoms with Crippen LogP contribution in [0.5, 0.6) is 17.2 Å². The van der Waals surface area contributed by atoms with Gasteiger partial charge in [-0.05, 0) is 31.0 Å². The van der Waals surface area contributed by atoms with Crippen LogP contribution >= 0.6 is 7.82 Å². The number of phosphoric acid groups is 1. The number of rotatable bonds is 11. The number of halogens is 1. The third-order valence-electron chi connectivity index (χ3n) is 5.09. The highest BCUT2D eigenvalue weighted by Gasteiger charge is 2.30. The summed E-state index contributed by atoms with van der Waals surface area (Å²) in [6.07, 6.45) is 3.18. The maximum Gasteiger partial charge on any atom is 0.530 e. The number of ether oxygens (including phenoxy) is 2. The summed E-state index contributed by atoms with van der Waals surface area (Å²) in [4.78, 5) is 4.65. The number of aromatic nitrogens is 1. The fraction of sp³-hybridized carbons (Fsp3) is 0.375. The van der Waals surface area contributed by atoms with Crippen molar-refractivity contribution in [2.45, 2.75) is 39.5 Å². The molecule has 0 radical (unpaired) electrons. The molecule has 3 aromatic rings. The van der Waals surface area contributed by atoms with Crippen LogP contribution in [0.4, 0.5) is 4.39 Å². The van der Waals surface area contributed by atoms with Crippen LogP contribution in [0, 0.1) is 5.82 Å². The molecule has 9 heteroatoms. The van der Waals surface area contributed by atoms with Gasteiger partial charge in [0.1, 0.15) is 11.6 Å². The van der Waals surface area contributed by atoms with Crippen LogP contribution in [0.15, 0.2) is 42.5 Å². The second-order valence-corrected chi connectivity index (χ2v) is 9.24. The van der Waals surface area contributed by atoms with Crippen molar-refractivity contribution in [2.75, 3.05) is 20.0 Å². The van der Waals surface area contributed by atoms with Crippen molar-refractivity contribution in [3.63, 3.8) is 0 Å². The Morgan fingerprint density at radius 2 is 1.70 bits per heavy atom. The molecule has 33 heavy (non-hydrogen) atoms. The number of fused-ring (bicyclic) bond motifs is 2. The molecule has 1 aliphatic heterocycles. The van der Waals surface area contributed by atoms with Crippen LogP contribution in [0.2, 0.25) is 0 Å². The van der Waals surface area contributed by atoms with Crippen LogP contribution in [0.1, 0.15) is 39.5 Å². The quantitative estimate of drug-likeness (QED) is 0.221. The third-order valence-corrected chi connectivity index (χ3v) is 6.51. The highest BCUT2D eigenvalue weighted by atomic mass is 31.2. The Morgan fingerprint density at radius 1 is 1.00 bits per heavy atom. The monoisotopic (exact) mass is 475 g/mol. The molecule has 0 amide bonds. The van der Waals surface area contributed by atoms with Gasteiger partial charge in [0.15, 0.2) is 11.5 Å². The lowest BCUT2D eigenvalue weighted by molar-refractivity contribution is 0.152. The molecule has 1 aliphatic rings. The van der Waals surface area contributed by atoms with E-state index in [4.69, 9.17) is 23.0 Å². The predicted octanol–water partition coefficient (Wildman–Crippen LogP) is 6.89. The van der Waals surface area contributed by atoms with E-state index in [9.17, 15) is 8.96 Å². The molecule has 0 aliphatic carbocycles. The zero-order valence-electron chi connectivity index (χ0n) is 18.7. The van der Waals surface area contributed by atoms with Gasteiger partial charge >= 0.3 is 7.82 Å². The van der Waals surface area contributed by atoms with Crippen molar-refractivity contribution in [3.8, 4) is 28.5 Å². The second-order valence-electron chi connectivity index (χ2n) is 7.65. The van der Waals surface area contributed by atoms with E-state index >= 15 is 0 Å². The summed E-state index contributed by atoms with van der Waals surface area (Å²) in [5.74, 6) is 0.924. The number of unbranched alkanes of at least 4 members (excludes halogenated alkanes) is 2. The van der Waals surface area contributed by atoms with Crippen LogP contribution in [0.3, 0.4) is 0 Å². The molecule has 7 nitrogen and oxygen atoms in total. The Balaban J connectivity index is 1.78. The summed E-state index contributed by atoms with van der Waals surface area (Å²) in [6, 6.07) is 11.1. The fourth-order valence-electron chi connectivity index (χ4n) is 3.31. The lowest BCUT2D eigenvalue weighted by Crippen LogP contribution is -2.05. The smallest absolute Gasteiger partial charge is 0.454 e. The average Bonchev–Trinajstić information content (AvgIpc) is 3.25. The highest BCUT2D eigenvalue weighted by molar-refractivity contribution is 7.48. The van der Waals surface area contributed by atoms with Crippen molar-refractivity contribution < 1.29 is 32.0 Å². The van der Waals surface area contributed by atoms with Gasteiger partial charge in [-0.3, -0.25) is 9.05 Å². The Morgan fingerprint density at radius 3 is 2.36 bits per heavy atom. The lowest BCUT2D eigenvalue weighted by atomic mass is 10.1. The molecule has 0 saturated carbocycles. The Hall–Kier alpha value is -2.67. The summed E-state index contributed by atoms with van der Waals surface area (Å²) < 4.78 is 55.5. The van der Waals surface area contributed by atoms with Crippen LogP contribution in [-0.4, -0.2) is 25.0 Å². The van der Waals surface area contributed by atoms with Crippen LogP contribution < -0.4 is 14.0 Å². The minimum atomic E-state index is -3.92. The lowest BCUT2D eigenvalue weighted by Gasteiger charge is -2.20. The summed E-state index contributed by atoms with van der Waals surface area (Å²) in [6.45, 7) is 4.60. The van der Waals surface area contributed by atoms with Gasteiger partial charge in [0.2, 0.25) is 6.79 Å². The Bertz CT molecular complexity index is 1160. The van der Waals surface area contributed by atoms with E-state index in [1.807, 2.05) is 13.8 Å². The Labute approximate surface area is 192 Å². The van der Waals surface area contributed by atoms with Gasteiger partial charge in [-0.15, -0.1) is 0 Å². The first kappa shape index (κ1) is 23.5. The zero-order valence-corrected chi connectivity index (χ0v) is 19.6. The third kappa shape index (κ3) is 5.64. The zero-order chi connectivity index (χ0) is 23.3. The molecule has 0 N–H and O–H groups in total. The molecule has 1 aromatic heterocycles. The Kier molecular flexibility index (Phi) is 7.48. The van der Waals surface area contributed by atoms with E-state index in [0.717, 1.165) is 25.7 Å². The SMILES string of the molecule is CCCCOP(=O)(OCCCC)Oc1cc(-c2cccc(F)c2)nc2cc3c(cc12)OCO3. The van der Waals surface area contributed by atoms with E-state index < -0.39 is 7.82 Å². The van der Waals surface area contributed by atoms with Crippen molar-refractivity contribution in [3.05, 3.63) is 48.3 Å². The molecule has 0 unspecified atom stereocenters. The number of hydrogen-bond acceptors (Lipinski definition) is 7. The topological polar surface area (TPSA) is 76.1 Å². The molecule has 0 atom stereocenters.